The highest BCUT2D eigenvalue weighted by atomic mass is 16.6. The van der Waals surface area contributed by atoms with Crippen LogP contribution in [0.2, 0.25) is 0 Å². The second kappa shape index (κ2) is 10.8. The third-order valence-corrected chi connectivity index (χ3v) is 5.85. The number of likely N-dealkylation sites (tertiary alicyclic amines) is 1. The van der Waals surface area contributed by atoms with E-state index in [1.54, 1.807) is 24.3 Å². The zero-order valence-corrected chi connectivity index (χ0v) is 19.5. The average Bonchev–Trinajstić information content (AvgIpc) is 3.16. The minimum absolute atomic E-state index is 0.106. The van der Waals surface area contributed by atoms with Crippen molar-refractivity contribution in [3.8, 4) is 5.75 Å². The molecule has 1 amide bonds. The van der Waals surface area contributed by atoms with E-state index in [1.807, 2.05) is 30.3 Å². The number of nitro benzene ring substituents is 1. The van der Waals surface area contributed by atoms with Crippen LogP contribution in [-0.2, 0) is 20.9 Å². The minimum Gasteiger partial charge on any atom is -0.507 e. The third-order valence-electron chi connectivity index (χ3n) is 5.85. The molecule has 9 nitrogen and oxygen atoms in total. The summed E-state index contributed by atoms with van der Waals surface area (Å²) in [6.45, 7) is 0.639. The number of hydrogen-bond donors (Lipinski definition) is 1. The predicted molar refractivity (Wildman–Crippen MR) is 131 cm³/mol. The van der Waals surface area contributed by atoms with E-state index in [-0.39, 0.29) is 30.0 Å². The Hall–Kier alpha value is -4.50. The van der Waals surface area contributed by atoms with Crippen molar-refractivity contribution >= 4 is 23.1 Å². The molecule has 3 aromatic rings. The molecule has 0 spiro atoms. The van der Waals surface area contributed by atoms with Gasteiger partial charge in [0.05, 0.1) is 23.1 Å². The topological polar surface area (TPSA) is 119 Å². The van der Waals surface area contributed by atoms with Gasteiger partial charge in [0.1, 0.15) is 18.1 Å². The molecule has 1 saturated heterocycles. The lowest BCUT2D eigenvalue weighted by atomic mass is 9.95. The van der Waals surface area contributed by atoms with Gasteiger partial charge in [0.25, 0.3) is 17.4 Å². The van der Waals surface area contributed by atoms with Crippen LogP contribution in [0.5, 0.6) is 5.75 Å². The van der Waals surface area contributed by atoms with Crippen molar-refractivity contribution in [1.29, 1.82) is 0 Å². The predicted octanol–water partition coefficient (Wildman–Crippen LogP) is 4.24. The maximum Gasteiger partial charge on any atom is 0.295 e. The molecular weight excluding hydrogens is 464 g/mol. The Labute approximate surface area is 207 Å². The van der Waals surface area contributed by atoms with Gasteiger partial charge in [-0.1, -0.05) is 42.5 Å². The van der Waals surface area contributed by atoms with Crippen molar-refractivity contribution in [2.75, 3.05) is 20.3 Å². The van der Waals surface area contributed by atoms with Gasteiger partial charge in [-0.2, -0.15) is 0 Å². The van der Waals surface area contributed by atoms with Crippen molar-refractivity contribution in [2.45, 2.75) is 12.6 Å². The molecule has 0 aromatic heterocycles. The maximum atomic E-state index is 13.1. The molecular formula is C27H24N2O7. The molecule has 9 heteroatoms. The zero-order chi connectivity index (χ0) is 25.7. The normalized spacial score (nSPS) is 16.8. The lowest BCUT2D eigenvalue weighted by molar-refractivity contribution is -0.384. The molecule has 4 rings (SSSR count). The highest BCUT2D eigenvalue weighted by Gasteiger charge is 2.46. The molecule has 3 aromatic carbocycles. The molecule has 1 heterocycles. The maximum absolute atomic E-state index is 13.1. The average molecular weight is 488 g/mol. The van der Waals surface area contributed by atoms with E-state index in [1.165, 1.54) is 36.3 Å². The van der Waals surface area contributed by atoms with Gasteiger partial charge < -0.3 is 19.5 Å². The van der Waals surface area contributed by atoms with Crippen LogP contribution in [-0.4, -0.2) is 46.9 Å². The number of hydrogen-bond acceptors (Lipinski definition) is 7. The van der Waals surface area contributed by atoms with Crippen molar-refractivity contribution in [1.82, 2.24) is 4.90 Å². The highest BCUT2D eigenvalue weighted by Crippen LogP contribution is 2.40. The van der Waals surface area contributed by atoms with Gasteiger partial charge in [-0.25, -0.2) is 0 Å². The third kappa shape index (κ3) is 5.11. The molecule has 1 N–H and O–H groups in total. The Morgan fingerprint density at radius 2 is 1.75 bits per heavy atom. The molecule has 1 unspecified atom stereocenters. The van der Waals surface area contributed by atoms with Crippen LogP contribution >= 0.6 is 0 Å². The van der Waals surface area contributed by atoms with Crippen molar-refractivity contribution in [3.05, 3.63) is 111 Å². The number of ketones is 1. The van der Waals surface area contributed by atoms with Gasteiger partial charge >= 0.3 is 0 Å². The van der Waals surface area contributed by atoms with Crippen LogP contribution in [0.15, 0.2) is 84.4 Å². The summed E-state index contributed by atoms with van der Waals surface area (Å²) in [6, 6.07) is 20.8. The molecule has 184 valence electrons. The molecule has 0 saturated carbocycles. The van der Waals surface area contributed by atoms with Crippen molar-refractivity contribution in [3.63, 3.8) is 0 Å². The summed E-state index contributed by atoms with van der Waals surface area (Å²) in [5.74, 6) is -1.49. The number of carbonyl (C=O) groups excluding carboxylic acids is 2. The zero-order valence-electron chi connectivity index (χ0n) is 19.5. The Bertz CT molecular complexity index is 1300. The smallest absolute Gasteiger partial charge is 0.295 e. The Morgan fingerprint density at radius 3 is 2.42 bits per heavy atom. The largest absolute Gasteiger partial charge is 0.507 e. The number of methoxy groups -OCH3 is 1. The summed E-state index contributed by atoms with van der Waals surface area (Å²) in [7, 11) is 1.49. The van der Waals surface area contributed by atoms with E-state index in [2.05, 4.69) is 0 Å². The molecule has 0 aliphatic carbocycles. The van der Waals surface area contributed by atoms with Crippen LogP contribution in [0.25, 0.3) is 5.76 Å². The van der Waals surface area contributed by atoms with Gasteiger partial charge in [-0.3, -0.25) is 19.7 Å². The second-order valence-electron chi connectivity index (χ2n) is 8.14. The lowest BCUT2D eigenvalue weighted by Gasteiger charge is -2.25. The SMILES string of the molecule is COCCN1C(=O)C(=O)/C(=C(/O)c2ccc([N+](=O)[O-])cc2)C1c1cccc(OCc2ccccc2)c1. The minimum atomic E-state index is -0.893. The first-order chi connectivity index (χ1) is 17.4. The summed E-state index contributed by atoms with van der Waals surface area (Å²) in [4.78, 5) is 37.8. The number of rotatable bonds is 9. The van der Waals surface area contributed by atoms with E-state index in [4.69, 9.17) is 9.47 Å². The number of non-ortho nitro benzene ring substituents is 1. The Kier molecular flexibility index (Phi) is 7.41. The van der Waals surface area contributed by atoms with Crippen LogP contribution in [0.1, 0.15) is 22.7 Å². The van der Waals surface area contributed by atoms with E-state index >= 15 is 0 Å². The van der Waals surface area contributed by atoms with E-state index in [0.29, 0.717) is 17.9 Å². The van der Waals surface area contributed by atoms with E-state index in [0.717, 1.165) is 5.56 Å². The molecule has 0 bridgehead atoms. The first-order valence-corrected chi connectivity index (χ1v) is 11.2. The lowest BCUT2D eigenvalue weighted by Crippen LogP contribution is -2.32. The van der Waals surface area contributed by atoms with Crippen LogP contribution in [0, 0.1) is 10.1 Å². The number of aliphatic hydroxyl groups excluding tert-OH is 1. The number of ether oxygens (including phenoxy) is 2. The quantitative estimate of drug-likeness (QED) is 0.157. The van der Waals surface area contributed by atoms with Gasteiger partial charge in [0.15, 0.2) is 0 Å². The van der Waals surface area contributed by atoms with Gasteiger partial charge in [0.2, 0.25) is 0 Å². The molecule has 0 radical (unpaired) electrons. The summed E-state index contributed by atoms with van der Waals surface area (Å²) in [5.41, 5.74) is 1.47. The summed E-state index contributed by atoms with van der Waals surface area (Å²) in [5, 5.41) is 22.1. The van der Waals surface area contributed by atoms with E-state index in [9.17, 15) is 24.8 Å². The molecule has 1 atom stereocenters. The number of amides is 1. The highest BCUT2D eigenvalue weighted by molar-refractivity contribution is 6.46. The number of nitro groups is 1. The summed E-state index contributed by atoms with van der Waals surface area (Å²) >= 11 is 0. The summed E-state index contributed by atoms with van der Waals surface area (Å²) < 4.78 is 11.0. The number of carbonyl (C=O) groups is 2. The number of benzene rings is 3. The monoisotopic (exact) mass is 488 g/mol. The fourth-order valence-electron chi connectivity index (χ4n) is 4.06. The standard InChI is InChI=1S/C27H24N2O7/c1-35-15-14-28-24(20-8-5-9-22(16-20)36-17-18-6-3-2-4-7-18)23(26(31)27(28)32)25(30)19-10-12-21(13-11-19)29(33)34/h2-13,16,24,30H,14-15,17H2,1H3/b25-23+. The first-order valence-electron chi connectivity index (χ1n) is 11.2. The second-order valence-corrected chi connectivity index (χ2v) is 8.14. The van der Waals surface area contributed by atoms with Crippen LogP contribution in [0.3, 0.4) is 0 Å². The van der Waals surface area contributed by atoms with Crippen molar-refractivity contribution in [2.24, 2.45) is 0 Å². The molecule has 1 aliphatic rings. The van der Waals surface area contributed by atoms with Crippen molar-refractivity contribution < 1.29 is 29.1 Å². The van der Waals surface area contributed by atoms with Gasteiger partial charge in [-0.05, 0) is 35.4 Å². The summed E-state index contributed by atoms with van der Waals surface area (Å²) in [6.07, 6.45) is 0. The fraction of sp³-hybridized carbons (Fsp3) is 0.185. The fourth-order valence-corrected chi connectivity index (χ4v) is 4.06. The first kappa shape index (κ1) is 24.6. The number of nitrogens with zero attached hydrogens (tertiary/aromatic N) is 2. The molecule has 1 fully saturated rings. The number of Topliss-reactive ketones (excluding diaryl/α,β-unsaturated/α-hetero) is 1. The van der Waals surface area contributed by atoms with Crippen LogP contribution < -0.4 is 4.74 Å². The Balaban J connectivity index is 1.73. The molecule has 36 heavy (non-hydrogen) atoms. The van der Waals surface area contributed by atoms with Crippen LogP contribution in [0.4, 0.5) is 5.69 Å². The van der Waals surface area contributed by atoms with E-state index < -0.39 is 28.4 Å². The molecule has 1 aliphatic heterocycles. The van der Waals surface area contributed by atoms with Gasteiger partial charge in [-0.15, -0.1) is 0 Å². The number of aliphatic hydroxyl groups is 1. The van der Waals surface area contributed by atoms with Gasteiger partial charge in [0, 0.05) is 31.4 Å². The Morgan fingerprint density at radius 1 is 1.03 bits per heavy atom.